The second-order valence-electron chi connectivity index (χ2n) is 5.39. The SMILES string of the molecule is CC1CNC(C(=O)N2CCC(C)C(O)C2)CN1. The number of carbonyl (C=O) groups excluding carboxylic acids is 1. The number of hydrogen-bond donors (Lipinski definition) is 3. The van der Waals surface area contributed by atoms with Gasteiger partial charge in [-0.2, -0.15) is 0 Å². The van der Waals surface area contributed by atoms with Crippen molar-refractivity contribution < 1.29 is 9.90 Å². The molecule has 0 radical (unpaired) electrons. The van der Waals surface area contributed by atoms with Crippen molar-refractivity contribution in [2.45, 2.75) is 38.5 Å². The van der Waals surface area contributed by atoms with Crippen LogP contribution in [-0.2, 0) is 4.79 Å². The zero-order valence-electron chi connectivity index (χ0n) is 10.6. The number of piperidine rings is 1. The summed E-state index contributed by atoms with van der Waals surface area (Å²) in [5, 5.41) is 16.4. The molecular weight excluding hydrogens is 218 g/mol. The summed E-state index contributed by atoms with van der Waals surface area (Å²) in [7, 11) is 0. The summed E-state index contributed by atoms with van der Waals surface area (Å²) in [6.07, 6.45) is 0.520. The molecule has 2 heterocycles. The summed E-state index contributed by atoms with van der Waals surface area (Å²) < 4.78 is 0. The van der Waals surface area contributed by atoms with Crippen molar-refractivity contribution in [2.24, 2.45) is 5.92 Å². The summed E-state index contributed by atoms with van der Waals surface area (Å²) in [4.78, 5) is 14.0. The average molecular weight is 241 g/mol. The molecule has 4 atom stereocenters. The van der Waals surface area contributed by atoms with Gasteiger partial charge >= 0.3 is 0 Å². The maximum absolute atomic E-state index is 12.2. The first kappa shape index (κ1) is 12.8. The molecule has 2 fully saturated rings. The molecule has 5 nitrogen and oxygen atoms in total. The number of carbonyl (C=O) groups is 1. The van der Waals surface area contributed by atoms with Gasteiger partial charge < -0.3 is 20.6 Å². The molecule has 2 aliphatic rings. The van der Waals surface area contributed by atoms with Gasteiger partial charge in [-0.25, -0.2) is 0 Å². The molecular formula is C12H23N3O2. The lowest BCUT2D eigenvalue weighted by atomic mass is 9.95. The van der Waals surface area contributed by atoms with E-state index in [1.807, 2.05) is 6.92 Å². The average Bonchev–Trinajstić information content (AvgIpc) is 2.33. The van der Waals surface area contributed by atoms with Gasteiger partial charge in [0.1, 0.15) is 0 Å². The van der Waals surface area contributed by atoms with Gasteiger partial charge in [0, 0.05) is 32.2 Å². The molecule has 5 heteroatoms. The van der Waals surface area contributed by atoms with E-state index in [4.69, 9.17) is 0 Å². The number of piperazine rings is 1. The molecule has 0 aromatic carbocycles. The van der Waals surface area contributed by atoms with E-state index in [1.165, 1.54) is 0 Å². The Kier molecular flexibility index (Phi) is 4.01. The van der Waals surface area contributed by atoms with Gasteiger partial charge in [-0.15, -0.1) is 0 Å². The maximum atomic E-state index is 12.2. The number of rotatable bonds is 1. The first-order valence-electron chi connectivity index (χ1n) is 6.51. The van der Waals surface area contributed by atoms with Crippen molar-refractivity contribution in [3.63, 3.8) is 0 Å². The highest BCUT2D eigenvalue weighted by atomic mass is 16.3. The number of nitrogens with zero attached hydrogens (tertiary/aromatic N) is 1. The molecule has 98 valence electrons. The third-order valence-electron chi connectivity index (χ3n) is 3.87. The minimum absolute atomic E-state index is 0.121. The lowest BCUT2D eigenvalue weighted by molar-refractivity contribution is -0.138. The normalized spacial score (nSPS) is 39.1. The van der Waals surface area contributed by atoms with Crippen molar-refractivity contribution >= 4 is 5.91 Å². The van der Waals surface area contributed by atoms with Gasteiger partial charge in [0.2, 0.25) is 5.91 Å². The predicted octanol–water partition coefficient (Wildman–Crippen LogP) is -0.834. The van der Waals surface area contributed by atoms with Gasteiger partial charge in [0.05, 0.1) is 12.1 Å². The Morgan fingerprint density at radius 1 is 1.29 bits per heavy atom. The molecule has 0 bridgehead atoms. The van der Waals surface area contributed by atoms with Crippen LogP contribution in [0.1, 0.15) is 20.3 Å². The highest BCUT2D eigenvalue weighted by Crippen LogP contribution is 2.17. The Bertz CT molecular complexity index is 277. The molecule has 2 aliphatic heterocycles. The fourth-order valence-corrected chi connectivity index (χ4v) is 2.43. The summed E-state index contributed by atoms with van der Waals surface area (Å²) in [5.41, 5.74) is 0. The van der Waals surface area contributed by atoms with Gasteiger partial charge in [-0.3, -0.25) is 4.79 Å². The van der Waals surface area contributed by atoms with Gasteiger partial charge in [0.15, 0.2) is 0 Å². The van der Waals surface area contributed by atoms with E-state index in [2.05, 4.69) is 17.6 Å². The molecule has 0 aromatic rings. The van der Waals surface area contributed by atoms with Gasteiger partial charge in [-0.05, 0) is 19.3 Å². The number of likely N-dealkylation sites (tertiary alicyclic amines) is 1. The minimum atomic E-state index is -0.372. The van der Waals surface area contributed by atoms with Crippen LogP contribution in [0.4, 0.5) is 0 Å². The Labute approximate surface area is 103 Å². The van der Waals surface area contributed by atoms with Gasteiger partial charge in [-0.1, -0.05) is 6.92 Å². The smallest absolute Gasteiger partial charge is 0.241 e. The van der Waals surface area contributed by atoms with E-state index in [9.17, 15) is 9.90 Å². The zero-order chi connectivity index (χ0) is 12.4. The number of aliphatic hydroxyl groups excluding tert-OH is 1. The number of amides is 1. The van der Waals surface area contributed by atoms with Crippen molar-refractivity contribution in [1.29, 1.82) is 0 Å². The highest BCUT2D eigenvalue weighted by molar-refractivity contribution is 5.82. The van der Waals surface area contributed by atoms with Crippen molar-refractivity contribution in [3.8, 4) is 0 Å². The monoisotopic (exact) mass is 241 g/mol. The Hall–Kier alpha value is -0.650. The van der Waals surface area contributed by atoms with Crippen LogP contribution >= 0.6 is 0 Å². The van der Waals surface area contributed by atoms with Crippen molar-refractivity contribution in [3.05, 3.63) is 0 Å². The third-order valence-corrected chi connectivity index (χ3v) is 3.87. The fraction of sp³-hybridized carbons (Fsp3) is 0.917. The molecule has 2 rings (SSSR count). The van der Waals surface area contributed by atoms with Crippen LogP contribution < -0.4 is 10.6 Å². The number of nitrogens with one attached hydrogen (secondary N) is 2. The van der Waals surface area contributed by atoms with Gasteiger partial charge in [0.25, 0.3) is 0 Å². The van der Waals surface area contributed by atoms with Crippen LogP contribution in [0.25, 0.3) is 0 Å². The fourth-order valence-electron chi connectivity index (χ4n) is 2.43. The standard InChI is InChI=1S/C12H23N3O2/c1-8-3-4-15(7-11(8)16)12(17)10-6-13-9(2)5-14-10/h8-11,13-14,16H,3-7H2,1-2H3. The summed E-state index contributed by atoms with van der Waals surface area (Å²) in [6, 6.07) is 0.290. The second kappa shape index (κ2) is 5.33. The molecule has 0 saturated carbocycles. The molecule has 0 spiro atoms. The zero-order valence-corrected chi connectivity index (χ0v) is 10.6. The van der Waals surface area contributed by atoms with E-state index < -0.39 is 0 Å². The number of aliphatic hydroxyl groups is 1. The van der Waals surface area contributed by atoms with E-state index in [1.54, 1.807) is 4.90 Å². The first-order chi connectivity index (χ1) is 8.08. The third kappa shape index (κ3) is 2.97. The lowest BCUT2D eigenvalue weighted by Gasteiger charge is -2.38. The first-order valence-corrected chi connectivity index (χ1v) is 6.51. The van der Waals surface area contributed by atoms with Crippen LogP contribution in [0.2, 0.25) is 0 Å². The second-order valence-corrected chi connectivity index (χ2v) is 5.39. The Morgan fingerprint density at radius 3 is 2.65 bits per heavy atom. The van der Waals surface area contributed by atoms with E-state index in [0.29, 0.717) is 25.0 Å². The minimum Gasteiger partial charge on any atom is -0.391 e. The maximum Gasteiger partial charge on any atom is 0.241 e. The molecule has 3 N–H and O–H groups in total. The number of hydrogen-bond acceptors (Lipinski definition) is 4. The summed E-state index contributed by atoms with van der Waals surface area (Å²) in [5.74, 6) is 0.423. The molecule has 17 heavy (non-hydrogen) atoms. The molecule has 0 aliphatic carbocycles. The van der Waals surface area contributed by atoms with Crippen LogP contribution in [0.3, 0.4) is 0 Å². The van der Waals surface area contributed by atoms with Crippen LogP contribution in [0.15, 0.2) is 0 Å². The van der Waals surface area contributed by atoms with E-state index in [-0.39, 0.29) is 18.1 Å². The predicted molar refractivity (Wildman–Crippen MR) is 65.6 cm³/mol. The summed E-state index contributed by atoms with van der Waals surface area (Å²) >= 11 is 0. The lowest BCUT2D eigenvalue weighted by Crippen LogP contribution is -2.61. The topological polar surface area (TPSA) is 64.6 Å². The van der Waals surface area contributed by atoms with Crippen molar-refractivity contribution in [2.75, 3.05) is 26.2 Å². The van der Waals surface area contributed by atoms with E-state index in [0.717, 1.165) is 19.5 Å². The molecule has 1 amide bonds. The molecule has 2 saturated heterocycles. The Balaban J connectivity index is 1.87. The molecule has 4 unspecified atom stereocenters. The number of β-amino-alcohol motifs (C(OH)–C–C–N with tert-alkyl or cyclic N) is 1. The van der Waals surface area contributed by atoms with Crippen LogP contribution in [0.5, 0.6) is 0 Å². The summed E-state index contributed by atoms with van der Waals surface area (Å²) in [6.45, 7) is 6.89. The highest BCUT2D eigenvalue weighted by Gasteiger charge is 2.32. The Morgan fingerprint density at radius 2 is 2.06 bits per heavy atom. The van der Waals surface area contributed by atoms with Crippen LogP contribution in [0, 0.1) is 5.92 Å². The molecule has 0 aromatic heterocycles. The largest absolute Gasteiger partial charge is 0.391 e. The van der Waals surface area contributed by atoms with Crippen molar-refractivity contribution in [1.82, 2.24) is 15.5 Å². The van der Waals surface area contributed by atoms with E-state index >= 15 is 0 Å². The van der Waals surface area contributed by atoms with Crippen LogP contribution in [-0.4, -0.2) is 60.3 Å². The quantitative estimate of drug-likeness (QED) is 0.560.